The molecule has 0 bridgehead atoms. The summed E-state index contributed by atoms with van der Waals surface area (Å²) in [6, 6.07) is 4.26. The summed E-state index contributed by atoms with van der Waals surface area (Å²) in [5.74, 6) is -0.0629. The van der Waals surface area contributed by atoms with Gasteiger partial charge in [0.1, 0.15) is 6.54 Å². The first-order chi connectivity index (χ1) is 14.4. The Balaban J connectivity index is 1.92. The van der Waals surface area contributed by atoms with Crippen molar-refractivity contribution in [3.8, 4) is 11.5 Å². The number of amides is 1. The summed E-state index contributed by atoms with van der Waals surface area (Å²) in [6.45, 7) is 0.181. The molecule has 1 unspecified atom stereocenters. The highest BCUT2D eigenvalue weighted by Gasteiger charge is 2.34. The molecule has 0 radical (unpaired) electrons. The molecule has 3 rings (SSSR count). The first-order valence-corrected chi connectivity index (χ1v) is 9.16. The number of nitrogens with zero attached hydrogens (tertiary/aromatic N) is 4. The van der Waals surface area contributed by atoms with Crippen LogP contribution in [-0.2, 0) is 27.3 Å². The lowest BCUT2D eigenvalue weighted by molar-refractivity contribution is -0.389. The number of carbonyl (C=O) groups excluding carboxylic acids is 2. The van der Waals surface area contributed by atoms with Gasteiger partial charge >= 0.3 is 11.8 Å². The monoisotopic (exact) mass is 418 g/mol. The molecule has 0 N–H and O–H groups in total. The molecule has 160 valence electrons. The smallest absolute Gasteiger partial charge is 0.389 e. The third-order valence-corrected chi connectivity index (χ3v) is 5.02. The number of fused-ring (bicyclic) bond motifs is 1. The van der Waals surface area contributed by atoms with Crippen LogP contribution in [0.1, 0.15) is 23.6 Å². The van der Waals surface area contributed by atoms with Gasteiger partial charge in [0.2, 0.25) is 5.91 Å². The number of hydrogen-bond acceptors (Lipinski definition) is 8. The van der Waals surface area contributed by atoms with E-state index in [1.165, 1.54) is 38.3 Å². The summed E-state index contributed by atoms with van der Waals surface area (Å²) >= 11 is 0. The Labute approximate surface area is 172 Å². The minimum Gasteiger partial charge on any atom is -0.493 e. The van der Waals surface area contributed by atoms with Gasteiger partial charge in [-0.25, -0.2) is 0 Å². The van der Waals surface area contributed by atoms with Crippen LogP contribution < -0.4 is 9.47 Å². The van der Waals surface area contributed by atoms with Crippen molar-refractivity contribution in [3.05, 3.63) is 45.6 Å². The summed E-state index contributed by atoms with van der Waals surface area (Å²) in [6.07, 6.45) is 1.89. The molecular weight excluding hydrogens is 396 g/mol. The van der Waals surface area contributed by atoms with Crippen LogP contribution in [0.4, 0.5) is 5.82 Å². The second-order valence-corrected chi connectivity index (χ2v) is 6.67. The van der Waals surface area contributed by atoms with Gasteiger partial charge in [-0.2, -0.15) is 4.68 Å². The molecule has 2 heterocycles. The van der Waals surface area contributed by atoms with Crippen LogP contribution in [0.5, 0.6) is 11.5 Å². The van der Waals surface area contributed by atoms with Gasteiger partial charge in [-0.3, -0.25) is 9.59 Å². The Morgan fingerprint density at radius 1 is 1.23 bits per heavy atom. The maximum Gasteiger partial charge on any atom is 0.389 e. The summed E-state index contributed by atoms with van der Waals surface area (Å²) < 4.78 is 16.8. The maximum atomic E-state index is 13.0. The van der Waals surface area contributed by atoms with Crippen molar-refractivity contribution in [3.63, 3.8) is 0 Å². The average Bonchev–Trinajstić information content (AvgIpc) is 3.21. The van der Waals surface area contributed by atoms with Gasteiger partial charge in [-0.1, -0.05) is 0 Å². The van der Waals surface area contributed by atoms with Crippen LogP contribution in [0.3, 0.4) is 0 Å². The molecule has 11 nitrogen and oxygen atoms in total. The molecule has 30 heavy (non-hydrogen) atoms. The molecular formula is C19H22N4O7. The summed E-state index contributed by atoms with van der Waals surface area (Å²) in [4.78, 5) is 36.8. The highest BCUT2D eigenvalue weighted by molar-refractivity contribution is 5.79. The zero-order chi connectivity index (χ0) is 21.8. The third kappa shape index (κ3) is 4.19. The second-order valence-electron chi connectivity index (χ2n) is 6.67. The number of methoxy groups -OCH3 is 3. The number of rotatable bonds is 7. The quantitative estimate of drug-likeness (QED) is 0.376. The lowest BCUT2D eigenvalue weighted by atomic mass is 9.90. The Morgan fingerprint density at radius 2 is 1.93 bits per heavy atom. The topological polar surface area (TPSA) is 126 Å². The van der Waals surface area contributed by atoms with Crippen LogP contribution in [0.25, 0.3) is 0 Å². The highest BCUT2D eigenvalue weighted by atomic mass is 16.6. The molecule has 0 saturated carbocycles. The van der Waals surface area contributed by atoms with Gasteiger partial charge in [0.25, 0.3) is 0 Å². The van der Waals surface area contributed by atoms with Crippen molar-refractivity contribution in [2.24, 2.45) is 0 Å². The van der Waals surface area contributed by atoms with Gasteiger partial charge in [-0.15, -0.1) is 0 Å². The molecule has 0 spiro atoms. The fraction of sp³-hybridized carbons (Fsp3) is 0.421. The SMILES string of the molecule is COC(=O)CC1c2cc(OC)c(OC)cc2CCN1C(=O)Cn1ccc([N+](=O)[O-])n1. The van der Waals surface area contributed by atoms with Gasteiger partial charge in [0.05, 0.1) is 51.2 Å². The molecule has 11 heteroatoms. The minimum absolute atomic E-state index is 0.0377. The van der Waals surface area contributed by atoms with Gasteiger partial charge in [-0.05, 0) is 34.6 Å². The van der Waals surface area contributed by atoms with E-state index < -0.39 is 16.9 Å². The van der Waals surface area contributed by atoms with Crippen LogP contribution in [0.2, 0.25) is 0 Å². The van der Waals surface area contributed by atoms with Gasteiger partial charge < -0.3 is 29.2 Å². The zero-order valence-corrected chi connectivity index (χ0v) is 16.9. The number of hydrogen-bond donors (Lipinski definition) is 0. The standard InChI is InChI=1S/C19H22N4O7/c1-28-15-8-12-4-7-22(18(24)11-21-6-5-17(20-21)23(26)27)14(10-19(25)30-3)13(12)9-16(15)29-2/h5-6,8-9,14H,4,7,10-11H2,1-3H3. The lowest BCUT2D eigenvalue weighted by Gasteiger charge is -2.37. The van der Waals surface area contributed by atoms with Gasteiger partial charge in [0, 0.05) is 6.54 Å². The molecule has 2 aromatic rings. The summed E-state index contributed by atoms with van der Waals surface area (Å²) in [5, 5.41) is 14.6. The molecule has 1 aromatic carbocycles. The van der Waals surface area contributed by atoms with Crippen molar-refractivity contribution in [2.45, 2.75) is 25.4 Å². The zero-order valence-electron chi connectivity index (χ0n) is 16.9. The largest absolute Gasteiger partial charge is 0.493 e. The van der Waals surface area contributed by atoms with Crippen molar-refractivity contribution in [1.29, 1.82) is 0 Å². The van der Waals surface area contributed by atoms with Crippen molar-refractivity contribution >= 4 is 17.7 Å². The van der Waals surface area contributed by atoms with E-state index in [2.05, 4.69) is 5.10 Å². The normalized spacial score (nSPS) is 15.3. The first kappa shape index (κ1) is 21.1. The Kier molecular flexibility index (Phi) is 6.19. The highest BCUT2D eigenvalue weighted by Crippen LogP contribution is 2.39. The van der Waals surface area contributed by atoms with E-state index >= 15 is 0 Å². The maximum absolute atomic E-state index is 13.0. The number of esters is 1. The Bertz CT molecular complexity index is 972. The molecule has 1 aliphatic rings. The number of ether oxygens (including phenoxy) is 3. The minimum atomic E-state index is -0.627. The van der Waals surface area contributed by atoms with Crippen molar-refractivity contribution < 1.29 is 28.7 Å². The van der Waals surface area contributed by atoms with E-state index in [4.69, 9.17) is 14.2 Å². The number of nitro groups is 1. The van der Waals surface area contributed by atoms with Crippen LogP contribution in [0.15, 0.2) is 24.4 Å². The molecule has 1 atom stereocenters. The molecule has 1 aromatic heterocycles. The summed E-state index contributed by atoms with van der Waals surface area (Å²) in [7, 11) is 4.34. The fourth-order valence-electron chi connectivity index (χ4n) is 3.55. The fourth-order valence-corrected chi connectivity index (χ4v) is 3.55. The molecule has 1 amide bonds. The summed E-state index contributed by atoms with van der Waals surface area (Å²) in [5.41, 5.74) is 1.71. The first-order valence-electron chi connectivity index (χ1n) is 9.16. The van der Waals surface area contributed by atoms with E-state index in [0.29, 0.717) is 24.5 Å². The molecule has 0 fully saturated rings. The Morgan fingerprint density at radius 3 is 2.53 bits per heavy atom. The van der Waals surface area contributed by atoms with Crippen molar-refractivity contribution in [1.82, 2.24) is 14.7 Å². The van der Waals surface area contributed by atoms with E-state index in [0.717, 1.165) is 11.1 Å². The number of benzene rings is 1. The van der Waals surface area contributed by atoms with Crippen molar-refractivity contribution in [2.75, 3.05) is 27.9 Å². The second kappa shape index (κ2) is 8.80. The predicted molar refractivity (Wildman–Crippen MR) is 103 cm³/mol. The lowest BCUT2D eigenvalue weighted by Crippen LogP contribution is -2.42. The van der Waals surface area contributed by atoms with E-state index in [-0.39, 0.29) is 24.7 Å². The predicted octanol–water partition coefficient (Wildman–Crippen LogP) is 1.50. The van der Waals surface area contributed by atoms with Gasteiger partial charge in [0.15, 0.2) is 11.5 Å². The molecule has 0 aliphatic carbocycles. The number of carbonyl (C=O) groups is 2. The van der Waals surface area contributed by atoms with E-state index in [1.807, 2.05) is 6.07 Å². The van der Waals surface area contributed by atoms with E-state index in [1.54, 1.807) is 11.0 Å². The average molecular weight is 418 g/mol. The van der Waals surface area contributed by atoms with Crippen LogP contribution in [-0.4, -0.2) is 59.4 Å². The Hall–Kier alpha value is -3.63. The number of aromatic nitrogens is 2. The van der Waals surface area contributed by atoms with Crippen LogP contribution in [0, 0.1) is 10.1 Å². The van der Waals surface area contributed by atoms with Crippen LogP contribution >= 0.6 is 0 Å². The molecule has 0 saturated heterocycles. The van der Waals surface area contributed by atoms with E-state index in [9.17, 15) is 19.7 Å². The third-order valence-electron chi connectivity index (χ3n) is 5.02. The molecule has 1 aliphatic heterocycles.